The minimum Gasteiger partial charge on any atom is -0.297 e. The molecule has 1 aromatic heterocycles. The first kappa shape index (κ1) is 13.4. The lowest BCUT2D eigenvalue weighted by molar-refractivity contribution is 0.800. The summed E-state index contributed by atoms with van der Waals surface area (Å²) in [4.78, 5) is 4.47. The van der Waals surface area contributed by atoms with Crippen LogP contribution in [0.25, 0.3) is 10.2 Å². The van der Waals surface area contributed by atoms with Gasteiger partial charge in [0, 0.05) is 6.54 Å². The number of hydrazine groups is 1. The highest BCUT2D eigenvalue weighted by atomic mass is 35.5. The van der Waals surface area contributed by atoms with Crippen molar-refractivity contribution in [2.45, 2.75) is 13.5 Å². The Morgan fingerprint density at radius 3 is 2.70 bits per heavy atom. The Balaban J connectivity index is 1.65. The van der Waals surface area contributed by atoms with E-state index in [1.54, 1.807) is 11.3 Å². The van der Waals surface area contributed by atoms with E-state index in [1.165, 1.54) is 11.1 Å². The third kappa shape index (κ3) is 2.93. The van der Waals surface area contributed by atoms with Crippen molar-refractivity contribution < 1.29 is 0 Å². The quantitative estimate of drug-likeness (QED) is 0.703. The van der Waals surface area contributed by atoms with Crippen LogP contribution in [0.1, 0.15) is 11.1 Å². The van der Waals surface area contributed by atoms with Crippen molar-refractivity contribution in [3.63, 3.8) is 0 Å². The Kier molecular flexibility index (Phi) is 3.87. The summed E-state index contributed by atoms with van der Waals surface area (Å²) in [5, 5.41) is 1.51. The van der Waals surface area contributed by atoms with Gasteiger partial charge in [-0.1, -0.05) is 58.8 Å². The highest BCUT2D eigenvalue weighted by Crippen LogP contribution is 2.30. The first-order chi connectivity index (χ1) is 9.72. The lowest BCUT2D eigenvalue weighted by Crippen LogP contribution is -2.20. The third-order valence-corrected chi connectivity index (χ3v) is 4.22. The molecule has 3 rings (SSSR count). The number of fused-ring (bicyclic) bond motifs is 1. The molecule has 0 saturated heterocycles. The van der Waals surface area contributed by atoms with E-state index in [9.17, 15) is 0 Å². The third-order valence-electron chi connectivity index (χ3n) is 2.98. The number of halogens is 1. The van der Waals surface area contributed by atoms with Gasteiger partial charge >= 0.3 is 0 Å². The summed E-state index contributed by atoms with van der Waals surface area (Å²) in [5.41, 5.74) is 9.63. The minimum absolute atomic E-state index is 0.685. The number of rotatable bonds is 4. The molecular weight excluding hydrogens is 290 g/mol. The molecule has 0 atom stereocenters. The largest absolute Gasteiger partial charge is 0.297 e. The average molecular weight is 304 g/mol. The minimum atomic E-state index is 0.685. The maximum absolute atomic E-state index is 6.11. The molecular formula is C15H14ClN3S. The summed E-state index contributed by atoms with van der Waals surface area (Å²) in [6.45, 7) is 2.82. The molecule has 0 radical (unpaired) electrons. The highest BCUT2D eigenvalue weighted by molar-refractivity contribution is 7.22. The van der Waals surface area contributed by atoms with Gasteiger partial charge in [0.25, 0.3) is 0 Å². The fraction of sp³-hybridized carbons (Fsp3) is 0.133. The van der Waals surface area contributed by atoms with E-state index in [1.807, 2.05) is 18.2 Å². The summed E-state index contributed by atoms with van der Waals surface area (Å²) in [7, 11) is 0. The number of nitrogens with one attached hydrogen (secondary N) is 2. The molecule has 3 aromatic rings. The van der Waals surface area contributed by atoms with Crippen molar-refractivity contribution in [1.82, 2.24) is 10.4 Å². The number of para-hydroxylation sites is 1. The van der Waals surface area contributed by atoms with Crippen LogP contribution in [0.3, 0.4) is 0 Å². The van der Waals surface area contributed by atoms with Gasteiger partial charge in [0.1, 0.15) is 5.52 Å². The predicted octanol–water partition coefficient (Wildman–Crippen LogP) is 4.37. The summed E-state index contributed by atoms with van der Waals surface area (Å²) >= 11 is 7.69. The van der Waals surface area contributed by atoms with Crippen LogP contribution >= 0.6 is 22.9 Å². The first-order valence-electron chi connectivity index (χ1n) is 6.32. The number of hydrogen-bond acceptors (Lipinski definition) is 4. The van der Waals surface area contributed by atoms with Crippen LogP contribution in [0.15, 0.2) is 42.5 Å². The van der Waals surface area contributed by atoms with Crippen LogP contribution < -0.4 is 10.9 Å². The molecule has 5 heteroatoms. The zero-order valence-electron chi connectivity index (χ0n) is 11.0. The van der Waals surface area contributed by atoms with Gasteiger partial charge in [0.15, 0.2) is 5.13 Å². The van der Waals surface area contributed by atoms with Crippen LogP contribution in [-0.4, -0.2) is 4.98 Å². The van der Waals surface area contributed by atoms with E-state index in [4.69, 9.17) is 11.6 Å². The maximum atomic E-state index is 6.11. The lowest BCUT2D eigenvalue weighted by atomic mass is 10.1. The summed E-state index contributed by atoms with van der Waals surface area (Å²) in [6.07, 6.45) is 0. The maximum Gasteiger partial charge on any atom is 0.198 e. The van der Waals surface area contributed by atoms with Gasteiger partial charge in [-0.2, -0.15) is 0 Å². The smallest absolute Gasteiger partial charge is 0.198 e. The second kappa shape index (κ2) is 5.79. The SMILES string of the molecule is Cc1ccc(CNNc2nc3c(Cl)cccc3s2)cc1. The van der Waals surface area contributed by atoms with Crippen molar-refractivity contribution in [3.8, 4) is 0 Å². The van der Waals surface area contributed by atoms with E-state index >= 15 is 0 Å². The van der Waals surface area contributed by atoms with Crippen LogP contribution in [-0.2, 0) is 6.54 Å². The van der Waals surface area contributed by atoms with Gasteiger partial charge in [-0.05, 0) is 24.6 Å². The van der Waals surface area contributed by atoms with Crippen molar-refractivity contribution in [3.05, 3.63) is 58.6 Å². The van der Waals surface area contributed by atoms with Gasteiger partial charge in [0.2, 0.25) is 0 Å². The second-order valence-corrected chi connectivity index (χ2v) is 6.01. The first-order valence-corrected chi connectivity index (χ1v) is 7.51. The fourth-order valence-corrected chi connectivity index (χ4v) is 3.04. The molecule has 2 N–H and O–H groups in total. The highest BCUT2D eigenvalue weighted by Gasteiger charge is 2.05. The zero-order valence-corrected chi connectivity index (χ0v) is 12.6. The molecule has 2 aromatic carbocycles. The fourth-order valence-electron chi connectivity index (χ4n) is 1.90. The van der Waals surface area contributed by atoms with Gasteiger partial charge in [-0.15, -0.1) is 0 Å². The molecule has 0 aliphatic carbocycles. The van der Waals surface area contributed by atoms with Gasteiger partial charge in [-0.3, -0.25) is 5.43 Å². The molecule has 0 saturated carbocycles. The molecule has 0 aliphatic heterocycles. The number of anilines is 1. The van der Waals surface area contributed by atoms with Crippen molar-refractivity contribution in [1.29, 1.82) is 0 Å². The molecule has 1 heterocycles. The molecule has 102 valence electrons. The molecule has 3 nitrogen and oxygen atoms in total. The Hall–Kier alpha value is -1.62. The van der Waals surface area contributed by atoms with Crippen LogP contribution in [0.2, 0.25) is 5.02 Å². The number of benzene rings is 2. The van der Waals surface area contributed by atoms with E-state index in [0.717, 1.165) is 21.9 Å². The van der Waals surface area contributed by atoms with E-state index in [2.05, 4.69) is 47.0 Å². The molecule has 0 fully saturated rings. The van der Waals surface area contributed by atoms with Crippen molar-refractivity contribution in [2.75, 3.05) is 5.43 Å². The van der Waals surface area contributed by atoms with E-state index in [-0.39, 0.29) is 0 Å². The Morgan fingerprint density at radius 1 is 1.15 bits per heavy atom. The van der Waals surface area contributed by atoms with E-state index in [0.29, 0.717) is 5.02 Å². The number of thiazole rings is 1. The molecule has 0 spiro atoms. The molecule has 0 bridgehead atoms. The summed E-state index contributed by atoms with van der Waals surface area (Å²) in [5.74, 6) is 0. The van der Waals surface area contributed by atoms with E-state index < -0.39 is 0 Å². The molecule has 0 amide bonds. The van der Waals surface area contributed by atoms with Gasteiger partial charge in [-0.25, -0.2) is 10.4 Å². The predicted molar refractivity (Wildman–Crippen MR) is 86.3 cm³/mol. The number of aromatic nitrogens is 1. The zero-order chi connectivity index (χ0) is 13.9. The summed E-state index contributed by atoms with van der Waals surface area (Å²) in [6, 6.07) is 14.2. The lowest BCUT2D eigenvalue weighted by Gasteiger charge is -2.05. The topological polar surface area (TPSA) is 37.0 Å². The van der Waals surface area contributed by atoms with Gasteiger partial charge < -0.3 is 0 Å². The van der Waals surface area contributed by atoms with Crippen LogP contribution in [0.4, 0.5) is 5.13 Å². The monoisotopic (exact) mass is 303 g/mol. The molecule has 0 aliphatic rings. The average Bonchev–Trinajstić information content (AvgIpc) is 2.85. The number of aryl methyl sites for hydroxylation is 1. The Labute approximate surface area is 126 Å². The summed E-state index contributed by atoms with van der Waals surface area (Å²) < 4.78 is 1.08. The normalized spacial score (nSPS) is 10.9. The number of nitrogens with zero attached hydrogens (tertiary/aromatic N) is 1. The van der Waals surface area contributed by atoms with Gasteiger partial charge in [0.05, 0.1) is 9.72 Å². The standard InChI is InChI=1S/C15H14ClN3S/c1-10-5-7-11(8-6-10)9-17-19-15-18-14-12(16)3-2-4-13(14)20-15/h2-8,17H,9H2,1H3,(H,18,19). The number of hydrogen-bond donors (Lipinski definition) is 2. The van der Waals surface area contributed by atoms with Crippen LogP contribution in [0.5, 0.6) is 0 Å². The Bertz CT molecular complexity index is 722. The van der Waals surface area contributed by atoms with Crippen molar-refractivity contribution >= 4 is 38.3 Å². The molecule has 20 heavy (non-hydrogen) atoms. The van der Waals surface area contributed by atoms with Crippen LogP contribution in [0, 0.1) is 6.92 Å². The second-order valence-electron chi connectivity index (χ2n) is 4.57. The molecule has 0 unspecified atom stereocenters. The Morgan fingerprint density at radius 2 is 1.95 bits per heavy atom. The van der Waals surface area contributed by atoms with Crippen molar-refractivity contribution in [2.24, 2.45) is 0 Å².